The van der Waals surface area contributed by atoms with Crippen LogP contribution in [0.2, 0.25) is 0 Å². The van der Waals surface area contributed by atoms with Crippen molar-refractivity contribution in [3.63, 3.8) is 0 Å². The Morgan fingerprint density at radius 3 is 2.25 bits per heavy atom. The first-order valence-electron chi connectivity index (χ1n) is 7.70. The number of benzene rings is 1. The standard InChI is InChI=1S/C18H31NO/c1-13(2)15-9-8-10-16(11-15)20-17(14(3)4)12-19-18(5,6)7/h8-11,13-14,17,19H,12H2,1-7H3. The van der Waals surface area contributed by atoms with E-state index in [0.29, 0.717) is 11.8 Å². The minimum absolute atomic E-state index is 0.121. The molecule has 0 saturated heterocycles. The summed E-state index contributed by atoms with van der Waals surface area (Å²) < 4.78 is 6.20. The van der Waals surface area contributed by atoms with Crippen LogP contribution in [0.25, 0.3) is 0 Å². The van der Waals surface area contributed by atoms with Gasteiger partial charge in [-0.3, -0.25) is 0 Å². The van der Waals surface area contributed by atoms with Crippen molar-refractivity contribution in [3.05, 3.63) is 29.8 Å². The fourth-order valence-electron chi connectivity index (χ4n) is 1.94. The molecule has 0 bridgehead atoms. The van der Waals surface area contributed by atoms with Crippen LogP contribution in [0.5, 0.6) is 5.75 Å². The monoisotopic (exact) mass is 277 g/mol. The van der Waals surface area contributed by atoms with E-state index in [9.17, 15) is 0 Å². The average molecular weight is 277 g/mol. The molecule has 114 valence electrons. The second-order valence-corrected chi connectivity index (χ2v) is 7.26. The molecule has 0 aliphatic carbocycles. The van der Waals surface area contributed by atoms with Crippen LogP contribution < -0.4 is 10.1 Å². The van der Waals surface area contributed by atoms with Gasteiger partial charge in [0.05, 0.1) is 0 Å². The molecular formula is C18H31NO. The van der Waals surface area contributed by atoms with Crippen LogP contribution in [-0.4, -0.2) is 18.2 Å². The first-order valence-corrected chi connectivity index (χ1v) is 7.70. The van der Waals surface area contributed by atoms with Gasteiger partial charge in [-0.05, 0) is 50.3 Å². The quantitative estimate of drug-likeness (QED) is 0.820. The molecule has 1 unspecified atom stereocenters. The molecule has 2 nitrogen and oxygen atoms in total. The van der Waals surface area contributed by atoms with Crippen molar-refractivity contribution in [1.29, 1.82) is 0 Å². The van der Waals surface area contributed by atoms with Crippen LogP contribution >= 0.6 is 0 Å². The molecule has 0 aromatic heterocycles. The van der Waals surface area contributed by atoms with Gasteiger partial charge in [-0.2, -0.15) is 0 Å². The van der Waals surface area contributed by atoms with Crippen molar-refractivity contribution in [2.75, 3.05) is 6.54 Å². The summed E-state index contributed by atoms with van der Waals surface area (Å²) in [7, 11) is 0. The molecule has 0 heterocycles. The number of hydrogen-bond acceptors (Lipinski definition) is 2. The van der Waals surface area contributed by atoms with Crippen molar-refractivity contribution >= 4 is 0 Å². The molecule has 0 fully saturated rings. The third kappa shape index (κ3) is 5.96. The van der Waals surface area contributed by atoms with Gasteiger partial charge in [0.2, 0.25) is 0 Å². The summed E-state index contributed by atoms with van der Waals surface area (Å²) in [5, 5.41) is 3.54. The zero-order valence-electron chi connectivity index (χ0n) is 14.2. The van der Waals surface area contributed by atoms with E-state index in [0.717, 1.165) is 12.3 Å². The normalized spacial score (nSPS) is 13.8. The smallest absolute Gasteiger partial charge is 0.120 e. The highest BCUT2D eigenvalue weighted by Gasteiger charge is 2.19. The van der Waals surface area contributed by atoms with Crippen LogP contribution in [0.1, 0.15) is 59.9 Å². The minimum atomic E-state index is 0.121. The van der Waals surface area contributed by atoms with Gasteiger partial charge in [0.1, 0.15) is 11.9 Å². The van der Waals surface area contributed by atoms with Gasteiger partial charge in [-0.1, -0.05) is 39.8 Å². The van der Waals surface area contributed by atoms with Crippen molar-refractivity contribution < 1.29 is 4.74 Å². The Kier molecular flexibility index (Phi) is 6.07. The van der Waals surface area contributed by atoms with Gasteiger partial charge in [-0.25, -0.2) is 0 Å². The van der Waals surface area contributed by atoms with E-state index in [2.05, 4.69) is 78.0 Å². The van der Waals surface area contributed by atoms with Crippen LogP contribution in [0, 0.1) is 5.92 Å². The molecule has 0 aliphatic rings. The summed E-state index contributed by atoms with van der Waals surface area (Å²) in [6.45, 7) is 16.3. The van der Waals surface area contributed by atoms with E-state index in [-0.39, 0.29) is 11.6 Å². The van der Waals surface area contributed by atoms with Gasteiger partial charge < -0.3 is 10.1 Å². The van der Waals surface area contributed by atoms with Crippen molar-refractivity contribution in [3.8, 4) is 5.75 Å². The Bertz CT molecular complexity index is 404. The van der Waals surface area contributed by atoms with Crippen LogP contribution in [0.3, 0.4) is 0 Å². The van der Waals surface area contributed by atoms with Gasteiger partial charge in [0.15, 0.2) is 0 Å². The highest BCUT2D eigenvalue weighted by Crippen LogP contribution is 2.22. The Labute approximate surface area is 124 Å². The number of rotatable bonds is 6. The van der Waals surface area contributed by atoms with Gasteiger partial charge in [0, 0.05) is 12.1 Å². The van der Waals surface area contributed by atoms with E-state index < -0.39 is 0 Å². The summed E-state index contributed by atoms with van der Waals surface area (Å²) >= 11 is 0. The maximum atomic E-state index is 6.20. The third-order valence-electron chi connectivity index (χ3n) is 3.39. The van der Waals surface area contributed by atoms with E-state index in [1.807, 2.05) is 0 Å². The van der Waals surface area contributed by atoms with Crippen LogP contribution in [-0.2, 0) is 0 Å². The number of ether oxygens (including phenoxy) is 1. The number of nitrogens with one attached hydrogen (secondary N) is 1. The molecule has 1 aromatic carbocycles. The Morgan fingerprint density at radius 2 is 1.75 bits per heavy atom. The minimum Gasteiger partial charge on any atom is -0.489 e. The lowest BCUT2D eigenvalue weighted by Crippen LogP contribution is -2.44. The predicted molar refractivity (Wildman–Crippen MR) is 87.5 cm³/mol. The number of hydrogen-bond donors (Lipinski definition) is 1. The van der Waals surface area contributed by atoms with Gasteiger partial charge in [-0.15, -0.1) is 0 Å². The highest BCUT2D eigenvalue weighted by atomic mass is 16.5. The topological polar surface area (TPSA) is 21.3 Å². The first kappa shape index (κ1) is 17.0. The first-order chi connectivity index (χ1) is 9.19. The second-order valence-electron chi connectivity index (χ2n) is 7.26. The zero-order valence-corrected chi connectivity index (χ0v) is 14.2. The maximum Gasteiger partial charge on any atom is 0.120 e. The zero-order chi connectivity index (χ0) is 15.3. The van der Waals surface area contributed by atoms with Crippen molar-refractivity contribution in [2.24, 2.45) is 5.92 Å². The fourth-order valence-corrected chi connectivity index (χ4v) is 1.94. The van der Waals surface area contributed by atoms with Gasteiger partial charge >= 0.3 is 0 Å². The summed E-state index contributed by atoms with van der Waals surface area (Å²) in [6.07, 6.45) is 0.191. The molecule has 1 rings (SSSR count). The lowest BCUT2D eigenvalue weighted by Gasteiger charge is -2.28. The molecule has 20 heavy (non-hydrogen) atoms. The molecule has 1 N–H and O–H groups in total. The third-order valence-corrected chi connectivity index (χ3v) is 3.39. The lowest BCUT2D eigenvalue weighted by atomic mass is 10.0. The second kappa shape index (κ2) is 7.12. The summed E-state index contributed by atoms with van der Waals surface area (Å²) in [4.78, 5) is 0. The van der Waals surface area contributed by atoms with E-state index >= 15 is 0 Å². The molecule has 1 aromatic rings. The molecule has 0 amide bonds. The van der Waals surface area contributed by atoms with Crippen LogP contribution in [0.15, 0.2) is 24.3 Å². The molecule has 0 saturated carbocycles. The molecule has 0 spiro atoms. The van der Waals surface area contributed by atoms with E-state index in [1.165, 1.54) is 5.56 Å². The summed E-state index contributed by atoms with van der Waals surface area (Å²) in [6, 6.07) is 8.46. The Morgan fingerprint density at radius 1 is 1.10 bits per heavy atom. The van der Waals surface area contributed by atoms with Crippen molar-refractivity contribution in [1.82, 2.24) is 5.32 Å². The molecular weight excluding hydrogens is 246 g/mol. The predicted octanol–water partition coefficient (Wildman–Crippen LogP) is 4.60. The Hall–Kier alpha value is -1.02. The Balaban J connectivity index is 2.73. The average Bonchev–Trinajstić information content (AvgIpc) is 2.33. The molecule has 1 atom stereocenters. The maximum absolute atomic E-state index is 6.20. The molecule has 2 heteroatoms. The molecule has 0 aliphatic heterocycles. The van der Waals surface area contributed by atoms with Crippen molar-refractivity contribution in [2.45, 2.75) is 66.0 Å². The largest absolute Gasteiger partial charge is 0.489 e. The van der Waals surface area contributed by atoms with Crippen LogP contribution in [0.4, 0.5) is 0 Å². The van der Waals surface area contributed by atoms with Gasteiger partial charge in [0.25, 0.3) is 0 Å². The SMILES string of the molecule is CC(C)c1cccc(OC(CNC(C)(C)C)C(C)C)c1. The summed E-state index contributed by atoms with van der Waals surface area (Å²) in [5.41, 5.74) is 1.45. The summed E-state index contributed by atoms with van der Waals surface area (Å²) in [5.74, 6) is 1.99. The van der Waals surface area contributed by atoms with E-state index in [4.69, 9.17) is 4.74 Å². The lowest BCUT2D eigenvalue weighted by molar-refractivity contribution is 0.139. The van der Waals surface area contributed by atoms with E-state index in [1.54, 1.807) is 0 Å². The fraction of sp³-hybridized carbons (Fsp3) is 0.667. The molecule has 0 radical (unpaired) electrons. The highest BCUT2D eigenvalue weighted by molar-refractivity contribution is 5.30.